The summed E-state index contributed by atoms with van der Waals surface area (Å²) in [6, 6.07) is 0.477. The Morgan fingerprint density at radius 3 is 3.11 bits per heavy atom. The summed E-state index contributed by atoms with van der Waals surface area (Å²) >= 11 is 1.88. The number of likely N-dealkylation sites (N-methyl/N-ethyl adjacent to an activating group) is 1. The van der Waals surface area contributed by atoms with Crippen molar-refractivity contribution in [2.24, 2.45) is 0 Å². The van der Waals surface area contributed by atoms with E-state index >= 15 is 0 Å². The van der Waals surface area contributed by atoms with Gasteiger partial charge in [0.05, 0.1) is 0 Å². The maximum Gasteiger partial charge on any atom is 0.0421 e. The van der Waals surface area contributed by atoms with E-state index < -0.39 is 0 Å². The Morgan fingerprint density at radius 2 is 2.67 bits per heavy atom. The highest BCUT2D eigenvalue weighted by atomic mass is 32.2. The lowest BCUT2D eigenvalue weighted by molar-refractivity contribution is -0.0687. The normalized spacial score (nSPS) is 27.7. The molecule has 0 aromatic carbocycles. The van der Waals surface area contributed by atoms with E-state index in [1.54, 1.807) is 7.05 Å². The van der Waals surface area contributed by atoms with Crippen LogP contribution in [0.4, 0.5) is 0 Å². The number of nitrogens with zero attached hydrogens (tertiary/aromatic N) is 1. The molecule has 1 heterocycles. The molecule has 1 aliphatic rings. The topological polar surface area (TPSA) is 35.5 Å². The quantitative estimate of drug-likeness (QED) is 0.539. The lowest BCUT2D eigenvalue weighted by Crippen LogP contribution is -2.35. The third-order valence-corrected chi connectivity index (χ3v) is 2.29. The van der Waals surface area contributed by atoms with Crippen LogP contribution in [0.3, 0.4) is 0 Å². The van der Waals surface area contributed by atoms with E-state index in [9.17, 15) is 0 Å². The minimum absolute atomic E-state index is 0.477. The van der Waals surface area contributed by atoms with E-state index in [1.807, 2.05) is 11.8 Å². The van der Waals surface area contributed by atoms with Gasteiger partial charge in [-0.25, -0.2) is 0 Å². The van der Waals surface area contributed by atoms with Crippen LogP contribution in [0.25, 0.3) is 0 Å². The van der Waals surface area contributed by atoms with Gasteiger partial charge in [0.1, 0.15) is 0 Å². The molecule has 0 spiro atoms. The highest BCUT2D eigenvalue weighted by Gasteiger charge is 2.14. The molecule has 0 radical (unpaired) electrons. The van der Waals surface area contributed by atoms with Gasteiger partial charge in [-0.2, -0.15) is 5.06 Å². The predicted molar refractivity (Wildman–Crippen MR) is 38.7 cm³/mol. The van der Waals surface area contributed by atoms with Gasteiger partial charge in [-0.15, -0.1) is 11.8 Å². The molecule has 0 unspecified atom stereocenters. The maximum atomic E-state index is 8.80. The second-order valence-corrected chi connectivity index (χ2v) is 3.29. The summed E-state index contributed by atoms with van der Waals surface area (Å²) in [5.41, 5.74) is 0. The second-order valence-electron chi connectivity index (χ2n) is 2.26. The van der Waals surface area contributed by atoms with Crippen molar-refractivity contribution in [3.63, 3.8) is 0 Å². The molecule has 1 atom stereocenters. The average Bonchev–Trinajstić information content (AvgIpc) is 2.15. The minimum atomic E-state index is 0.477. The van der Waals surface area contributed by atoms with Crippen LogP contribution < -0.4 is 5.32 Å². The molecule has 0 amide bonds. The number of nitrogens with one attached hydrogen (secondary N) is 1. The fourth-order valence-electron chi connectivity index (χ4n) is 0.873. The Labute approximate surface area is 59.4 Å². The minimum Gasteiger partial charge on any atom is -0.314 e. The number of thioether (sulfide) groups is 1. The van der Waals surface area contributed by atoms with Gasteiger partial charge in [0.2, 0.25) is 0 Å². The van der Waals surface area contributed by atoms with Crippen molar-refractivity contribution in [1.29, 1.82) is 0 Å². The molecule has 0 aromatic heterocycles. The van der Waals surface area contributed by atoms with Crippen LogP contribution in [-0.2, 0) is 0 Å². The first-order chi connectivity index (χ1) is 4.29. The average molecular weight is 148 g/mol. The highest BCUT2D eigenvalue weighted by Crippen LogP contribution is 2.09. The third-order valence-electron chi connectivity index (χ3n) is 1.28. The van der Waals surface area contributed by atoms with E-state index in [0.717, 1.165) is 18.2 Å². The van der Waals surface area contributed by atoms with Gasteiger partial charge in [0, 0.05) is 31.3 Å². The van der Waals surface area contributed by atoms with Gasteiger partial charge >= 0.3 is 0 Å². The highest BCUT2D eigenvalue weighted by molar-refractivity contribution is 7.99. The summed E-state index contributed by atoms with van der Waals surface area (Å²) in [6.07, 6.45) is 0. The summed E-state index contributed by atoms with van der Waals surface area (Å²) in [6.45, 7) is 0.729. The molecule has 1 saturated heterocycles. The zero-order valence-corrected chi connectivity index (χ0v) is 6.32. The van der Waals surface area contributed by atoms with Crippen LogP contribution in [0.15, 0.2) is 0 Å². The first-order valence-corrected chi connectivity index (χ1v) is 4.15. The molecule has 0 saturated carbocycles. The molecule has 0 aromatic rings. The first kappa shape index (κ1) is 7.34. The van der Waals surface area contributed by atoms with Crippen LogP contribution in [0.5, 0.6) is 0 Å². The molecular formula is C5H12N2OS. The van der Waals surface area contributed by atoms with E-state index in [-0.39, 0.29) is 0 Å². The number of hydrogen-bond donors (Lipinski definition) is 2. The molecule has 2 N–H and O–H groups in total. The molecule has 0 aliphatic carbocycles. The van der Waals surface area contributed by atoms with Crippen molar-refractivity contribution in [2.45, 2.75) is 6.04 Å². The molecular weight excluding hydrogens is 136 g/mol. The second kappa shape index (κ2) is 3.41. The smallest absolute Gasteiger partial charge is 0.0421 e. The molecule has 0 bridgehead atoms. The standard InChI is InChI=1S/C5H12N2OS/c1-7(8)2-5-3-9-4-6-5/h5-6,8H,2-4H2,1H3/t5-/m1/s1. The van der Waals surface area contributed by atoms with Gasteiger partial charge < -0.3 is 10.5 Å². The number of rotatable bonds is 2. The largest absolute Gasteiger partial charge is 0.314 e. The molecule has 4 heteroatoms. The Bertz CT molecular complexity index is 83.0. The van der Waals surface area contributed by atoms with Crippen LogP contribution in [0, 0.1) is 0 Å². The number of hydrogen-bond acceptors (Lipinski definition) is 4. The van der Waals surface area contributed by atoms with Crippen molar-refractivity contribution in [2.75, 3.05) is 25.2 Å². The summed E-state index contributed by atoms with van der Waals surface area (Å²) in [5.74, 6) is 2.14. The van der Waals surface area contributed by atoms with Crippen LogP contribution in [0.2, 0.25) is 0 Å². The van der Waals surface area contributed by atoms with Crippen molar-refractivity contribution in [3.05, 3.63) is 0 Å². The number of hydroxylamine groups is 2. The summed E-state index contributed by atoms with van der Waals surface area (Å²) in [7, 11) is 1.67. The van der Waals surface area contributed by atoms with Gasteiger partial charge in [-0.05, 0) is 0 Å². The predicted octanol–water partition coefficient (Wildman–Crippen LogP) is -0.0301. The van der Waals surface area contributed by atoms with Crippen molar-refractivity contribution in [3.8, 4) is 0 Å². The van der Waals surface area contributed by atoms with E-state index in [0.29, 0.717) is 6.04 Å². The Kier molecular flexibility index (Phi) is 2.78. The first-order valence-electron chi connectivity index (χ1n) is 3.00. The maximum absolute atomic E-state index is 8.80. The summed E-state index contributed by atoms with van der Waals surface area (Å²) in [5, 5.41) is 13.3. The van der Waals surface area contributed by atoms with Gasteiger partial charge in [-0.1, -0.05) is 0 Å². The Morgan fingerprint density at radius 1 is 1.89 bits per heavy atom. The summed E-state index contributed by atoms with van der Waals surface area (Å²) < 4.78 is 0. The van der Waals surface area contributed by atoms with Gasteiger partial charge in [0.25, 0.3) is 0 Å². The fraction of sp³-hybridized carbons (Fsp3) is 1.00. The zero-order valence-electron chi connectivity index (χ0n) is 5.50. The van der Waals surface area contributed by atoms with Crippen LogP contribution in [-0.4, -0.2) is 41.5 Å². The monoisotopic (exact) mass is 148 g/mol. The van der Waals surface area contributed by atoms with Crippen molar-refractivity contribution < 1.29 is 5.21 Å². The Hall–Kier alpha value is 0.230. The van der Waals surface area contributed by atoms with Gasteiger partial charge in [-0.3, -0.25) is 0 Å². The van der Waals surface area contributed by atoms with Crippen LogP contribution in [0.1, 0.15) is 0 Å². The van der Waals surface area contributed by atoms with E-state index in [2.05, 4.69) is 5.32 Å². The molecule has 54 valence electrons. The molecule has 3 nitrogen and oxygen atoms in total. The molecule has 1 fully saturated rings. The lowest BCUT2D eigenvalue weighted by Gasteiger charge is -2.12. The fourth-order valence-corrected chi connectivity index (χ4v) is 1.85. The molecule has 1 aliphatic heterocycles. The van der Waals surface area contributed by atoms with E-state index in [4.69, 9.17) is 5.21 Å². The lowest BCUT2D eigenvalue weighted by atomic mass is 10.3. The zero-order chi connectivity index (χ0) is 6.69. The van der Waals surface area contributed by atoms with Gasteiger partial charge in [0.15, 0.2) is 0 Å². The summed E-state index contributed by atoms with van der Waals surface area (Å²) in [4.78, 5) is 0. The Balaban J connectivity index is 2.11. The van der Waals surface area contributed by atoms with Crippen molar-refractivity contribution >= 4 is 11.8 Å². The van der Waals surface area contributed by atoms with Crippen molar-refractivity contribution in [1.82, 2.24) is 10.4 Å². The SMILES string of the molecule is CN(O)C[C@@H]1CSCN1. The van der Waals surface area contributed by atoms with Crippen LogP contribution >= 0.6 is 11.8 Å². The molecule has 9 heavy (non-hydrogen) atoms. The third kappa shape index (κ3) is 2.53. The van der Waals surface area contributed by atoms with E-state index in [1.165, 1.54) is 5.06 Å². The molecule has 1 rings (SSSR count).